The summed E-state index contributed by atoms with van der Waals surface area (Å²) in [4.78, 5) is 31.0. The number of hydrogen-bond donors (Lipinski definition) is 5. The molecular formula is C8H15NO7P2. The van der Waals surface area contributed by atoms with Crippen LogP contribution >= 0.6 is 15.6 Å². The molecule has 0 aliphatic heterocycles. The highest BCUT2D eigenvalue weighted by Gasteiger charge is 2.27. The number of rotatable bonds is 3. The number of hydrogen-bond acceptors (Lipinski definition) is 4. The number of anilines is 1. The summed E-state index contributed by atoms with van der Waals surface area (Å²) >= 11 is 0. The molecule has 0 saturated heterocycles. The Morgan fingerprint density at radius 3 is 1.78 bits per heavy atom. The minimum atomic E-state index is -5.05. The van der Waals surface area contributed by atoms with E-state index in [0.29, 0.717) is 0 Å². The Morgan fingerprint density at radius 1 is 1.11 bits per heavy atom. The first-order valence-electron chi connectivity index (χ1n) is 4.71. The summed E-state index contributed by atoms with van der Waals surface area (Å²) in [5.41, 5.74) is 7.77. The van der Waals surface area contributed by atoms with Crippen LogP contribution in [0.3, 0.4) is 0 Å². The van der Waals surface area contributed by atoms with Crippen LogP contribution in [0.4, 0.5) is 5.69 Å². The highest BCUT2D eigenvalue weighted by molar-refractivity contribution is 7.60. The van der Waals surface area contributed by atoms with Gasteiger partial charge >= 0.3 is 15.6 Å². The van der Waals surface area contributed by atoms with Crippen LogP contribution in [0.2, 0.25) is 0 Å². The molecule has 0 fully saturated rings. The average Bonchev–Trinajstić information content (AvgIpc) is 2.13. The molecule has 0 bridgehead atoms. The Labute approximate surface area is 104 Å². The quantitative estimate of drug-likeness (QED) is 0.410. The van der Waals surface area contributed by atoms with Gasteiger partial charge in [0.2, 0.25) is 0 Å². The minimum absolute atomic E-state index is 0.903. The van der Waals surface area contributed by atoms with Crippen LogP contribution in [0.25, 0.3) is 0 Å². The Bertz CT molecular complexity index is 446. The predicted molar refractivity (Wildman–Crippen MR) is 65.4 cm³/mol. The Morgan fingerprint density at radius 2 is 1.56 bits per heavy atom. The molecule has 0 saturated carbocycles. The average molecular weight is 299 g/mol. The zero-order valence-electron chi connectivity index (χ0n) is 9.50. The molecule has 0 aromatic heterocycles. The zero-order valence-corrected chi connectivity index (χ0v) is 11.3. The van der Waals surface area contributed by atoms with E-state index in [1.165, 1.54) is 5.56 Å². The molecule has 10 heteroatoms. The maximum atomic E-state index is 9.63. The molecule has 8 nitrogen and oxygen atoms in total. The Balaban J connectivity index is 0.000000321. The molecule has 1 aromatic rings. The Hall–Kier alpha value is -0.720. The first kappa shape index (κ1) is 17.3. The van der Waals surface area contributed by atoms with Gasteiger partial charge in [-0.15, -0.1) is 0 Å². The van der Waals surface area contributed by atoms with Crippen molar-refractivity contribution in [2.24, 2.45) is 0 Å². The summed E-state index contributed by atoms with van der Waals surface area (Å²) in [6.45, 7) is 2.10. The van der Waals surface area contributed by atoms with Crippen LogP contribution in [0.5, 0.6) is 0 Å². The smallest absolute Gasteiger partial charge is 0.399 e. The standard InChI is InChI=1S/C8H11N.H4O7P2/c1-2-7-5-3-4-6-8(7)9;1-8(2,3)7-9(4,5)6/h3-6H,2,9H2,1H3;(H2,1,2,3)(H2,4,5,6). The van der Waals surface area contributed by atoms with Crippen molar-refractivity contribution in [1.29, 1.82) is 0 Å². The molecule has 1 aromatic carbocycles. The molecule has 0 atom stereocenters. The van der Waals surface area contributed by atoms with Crippen LogP contribution < -0.4 is 5.73 Å². The minimum Gasteiger partial charge on any atom is -0.399 e. The molecule has 0 spiro atoms. The van der Waals surface area contributed by atoms with Crippen molar-refractivity contribution < 1.29 is 33.0 Å². The lowest BCUT2D eigenvalue weighted by molar-refractivity contribution is 0.225. The zero-order chi connectivity index (χ0) is 14.4. The van der Waals surface area contributed by atoms with E-state index in [1.807, 2.05) is 18.2 Å². The van der Waals surface area contributed by atoms with Gasteiger partial charge in [0.25, 0.3) is 0 Å². The van der Waals surface area contributed by atoms with Gasteiger partial charge in [-0.3, -0.25) is 0 Å². The fraction of sp³-hybridized carbons (Fsp3) is 0.250. The molecule has 18 heavy (non-hydrogen) atoms. The van der Waals surface area contributed by atoms with Crippen molar-refractivity contribution in [3.63, 3.8) is 0 Å². The van der Waals surface area contributed by atoms with Gasteiger partial charge in [0.15, 0.2) is 0 Å². The molecule has 0 unspecified atom stereocenters. The van der Waals surface area contributed by atoms with Gasteiger partial charge in [-0.25, -0.2) is 9.13 Å². The molecule has 0 heterocycles. The number of benzene rings is 1. The summed E-state index contributed by atoms with van der Waals surface area (Å²) in [5, 5.41) is 0. The predicted octanol–water partition coefficient (Wildman–Crippen LogP) is 1.02. The number of phosphoric acid groups is 2. The molecule has 104 valence electrons. The lowest BCUT2D eigenvalue weighted by Gasteiger charge is -2.03. The van der Waals surface area contributed by atoms with Gasteiger partial charge in [0.05, 0.1) is 0 Å². The maximum Gasteiger partial charge on any atom is 0.478 e. The Kier molecular flexibility index (Phi) is 6.73. The van der Waals surface area contributed by atoms with Crippen molar-refractivity contribution in [2.75, 3.05) is 5.73 Å². The van der Waals surface area contributed by atoms with Gasteiger partial charge in [0.1, 0.15) is 0 Å². The van der Waals surface area contributed by atoms with E-state index in [9.17, 15) is 9.13 Å². The summed E-state index contributed by atoms with van der Waals surface area (Å²) in [6, 6.07) is 7.94. The van der Waals surface area contributed by atoms with E-state index in [1.54, 1.807) is 0 Å². The third kappa shape index (κ3) is 9.32. The third-order valence-electron chi connectivity index (χ3n) is 1.65. The van der Waals surface area contributed by atoms with Crippen molar-refractivity contribution in [2.45, 2.75) is 13.3 Å². The highest BCUT2D eigenvalue weighted by Crippen LogP contribution is 2.53. The molecule has 0 aliphatic rings. The summed E-state index contributed by atoms with van der Waals surface area (Å²) < 4.78 is 22.2. The largest absolute Gasteiger partial charge is 0.478 e. The summed E-state index contributed by atoms with van der Waals surface area (Å²) in [5.74, 6) is 0. The number of aryl methyl sites for hydroxylation is 1. The van der Waals surface area contributed by atoms with Crippen LogP contribution in [0.1, 0.15) is 12.5 Å². The SMILES string of the molecule is CCc1ccccc1N.O=P(O)(O)OP(=O)(O)O. The van der Waals surface area contributed by atoms with Crippen molar-refractivity contribution in [3.05, 3.63) is 29.8 Å². The van der Waals surface area contributed by atoms with Crippen LogP contribution in [-0.4, -0.2) is 19.6 Å². The lowest BCUT2D eigenvalue weighted by atomic mass is 10.1. The second-order valence-corrected chi connectivity index (χ2v) is 5.73. The first-order valence-corrected chi connectivity index (χ1v) is 7.77. The van der Waals surface area contributed by atoms with Gasteiger partial charge in [0, 0.05) is 5.69 Å². The normalized spacial score (nSPS) is 11.6. The monoisotopic (exact) mass is 299 g/mol. The first-order chi connectivity index (χ1) is 8.05. The number of nitrogens with two attached hydrogens (primary N) is 1. The van der Waals surface area contributed by atoms with E-state index in [0.717, 1.165) is 12.1 Å². The van der Waals surface area contributed by atoms with Crippen molar-refractivity contribution in [1.82, 2.24) is 0 Å². The second-order valence-electron chi connectivity index (χ2n) is 3.12. The van der Waals surface area contributed by atoms with E-state index in [4.69, 9.17) is 25.3 Å². The van der Waals surface area contributed by atoms with Gasteiger partial charge in [-0.05, 0) is 18.1 Å². The molecular weight excluding hydrogens is 284 g/mol. The van der Waals surface area contributed by atoms with E-state index < -0.39 is 15.6 Å². The van der Waals surface area contributed by atoms with Crippen LogP contribution in [0.15, 0.2) is 24.3 Å². The molecule has 1 rings (SSSR count). The third-order valence-corrected chi connectivity index (χ3v) is 3.35. The number of nitrogen functional groups attached to an aromatic ring is 1. The van der Waals surface area contributed by atoms with Gasteiger partial charge in [-0.1, -0.05) is 25.1 Å². The second kappa shape index (κ2) is 7.01. The van der Waals surface area contributed by atoms with E-state index in [2.05, 4.69) is 17.3 Å². The highest BCUT2D eigenvalue weighted by atomic mass is 31.3. The van der Waals surface area contributed by atoms with Crippen molar-refractivity contribution in [3.8, 4) is 0 Å². The number of para-hydroxylation sites is 1. The molecule has 0 radical (unpaired) electrons. The van der Waals surface area contributed by atoms with Crippen molar-refractivity contribution >= 4 is 21.3 Å². The topological polar surface area (TPSA) is 150 Å². The van der Waals surface area contributed by atoms with E-state index in [-0.39, 0.29) is 0 Å². The summed E-state index contributed by atoms with van der Waals surface area (Å²) in [7, 11) is -10.1. The molecule has 6 N–H and O–H groups in total. The van der Waals surface area contributed by atoms with Gasteiger partial charge in [-0.2, -0.15) is 4.31 Å². The van der Waals surface area contributed by atoms with E-state index >= 15 is 0 Å². The summed E-state index contributed by atoms with van der Waals surface area (Å²) in [6.07, 6.45) is 1.02. The van der Waals surface area contributed by atoms with Crippen LogP contribution in [-0.2, 0) is 19.9 Å². The molecule has 0 amide bonds. The fourth-order valence-corrected chi connectivity index (χ4v) is 2.10. The van der Waals surface area contributed by atoms with Gasteiger partial charge < -0.3 is 25.3 Å². The lowest BCUT2D eigenvalue weighted by Crippen LogP contribution is -1.90. The maximum absolute atomic E-state index is 9.63. The van der Waals surface area contributed by atoms with Crippen LogP contribution in [0, 0.1) is 0 Å². The molecule has 0 aliphatic carbocycles. The fourth-order valence-electron chi connectivity index (χ4n) is 0.995.